The number of aryl methyl sites for hydroxylation is 1. The monoisotopic (exact) mass is 459 g/mol. The van der Waals surface area contributed by atoms with Gasteiger partial charge in [-0.3, -0.25) is 9.59 Å². The van der Waals surface area contributed by atoms with E-state index in [1.165, 1.54) is 4.90 Å². The Morgan fingerprint density at radius 2 is 2.16 bits per heavy atom. The summed E-state index contributed by atoms with van der Waals surface area (Å²) in [6.07, 6.45) is 7.17. The second-order valence-electron chi connectivity index (χ2n) is 7.64. The molecule has 2 amide bonds. The maximum atomic E-state index is 12.7. The molecule has 2 aromatic rings. The van der Waals surface area contributed by atoms with Crippen LogP contribution in [0.3, 0.4) is 0 Å². The standard InChI is InChI=1S/C21H22ClN5O5/c1-12-7-16(31-25-12)9-19(29)27-11-15(28)8-17(27)21(30)23-10-18-24-20(26-32-18)13-3-2-4-14(22)6-5-13/h2,4-7,15,17,28H,3,8-11H2,1H3,(H,23,30)/t15-,17+/m1/s1. The highest BCUT2D eigenvalue weighted by Crippen LogP contribution is 2.22. The van der Waals surface area contributed by atoms with Crippen molar-refractivity contribution < 1.29 is 23.7 Å². The zero-order chi connectivity index (χ0) is 22.7. The van der Waals surface area contributed by atoms with Crippen LogP contribution in [-0.2, 0) is 22.6 Å². The molecule has 4 rings (SSSR count). The summed E-state index contributed by atoms with van der Waals surface area (Å²) >= 11 is 5.98. The maximum absolute atomic E-state index is 12.7. The molecule has 11 heteroatoms. The molecule has 0 unspecified atom stereocenters. The molecule has 0 saturated carbocycles. The van der Waals surface area contributed by atoms with Crippen LogP contribution in [0.15, 0.2) is 44.4 Å². The van der Waals surface area contributed by atoms with Crippen molar-refractivity contribution in [2.75, 3.05) is 6.54 Å². The van der Waals surface area contributed by atoms with Crippen LogP contribution in [0.2, 0.25) is 0 Å². The fourth-order valence-electron chi connectivity index (χ4n) is 3.59. The Hall–Kier alpha value is -3.24. The number of halogens is 1. The number of carbonyl (C=O) groups is 2. The molecular weight excluding hydrogens is 438 g/mol. The quantitative estimate of drug-likeness (QED) is 0.665. The molecular formula is C21H22ClN5O5. The average molecular weight is 460 g/mol. The summed E-state index contributed by atoms with van der Waals surface area (Å²) in [7, 11) is 0. The predicted octanol–water partition coefficient (Wildman–Crippen LogP) is 1.65. The smallest absolute Gasteiger partial charge is 0.246 e. The highest BCUT2D eigenvalue weighted by Gasteiger charge is 2.39. The molecule has 2 aromatic heterocycles. The molecule has 10 nitrogen and oxygen atoms in total. The first-order chi connectivity index (χ1) is 15.4. The van der Waals surface area contributed by atoms with Crippen molar-refractivity contribution in [3.8, 4) is 0 Å². The number of aliphatic hydroxyl groups is 1. The average Bonchev–Trinajstić information content (AvgIpc) is 3.45. The molecule has 1 fully saturated rings. The fraction of sp³-hybridized carbons (Fsp3) is 0.381. The summed E-state index contributed by atoms with van der Waals surface area (Å²) in [5.41, 5.74) is 1.49. The highest BCUT2D eigenvalue weighted by atomic mass is 35.5. The Labute approximate surface area is 188 Å². The summed E-state index contributed by atoms with van der Waals surface area (Å²) in [4.78, 5) is 31.1. The largest absolute Gasteiger partial charge is 0.391 e. The normalized spacial score (nSPS) is 20.7. The number of nitrogens with zero attached hydrogens (tertiary/aromatic N) is 4. The maximum Gasteiger partial charge on any atom is 0.246 e. The van der Waals surface area contributed by atoms with Crippen molar-refractivity contribution in [2.24, 2.45) is 0 Å². The summed E-state index contributed by atoms with van der Waals surface area (Å²) in [6, 6.07) is 0.862. The number of aliphatic hydroxyl groups excluding tert-OH is 1. The van der Waals surface area contributed by atoms with Gasteiger partial charge in [0, 0.05) is 29.6 Å². The van der Waals surface area contributed by atoms with Crippen molar-refractivity contribution in [3.05, 3.63) is 58.6 Å². The Morgan fingerprint density at radius 3 is 2.94 bits per heavy atom. The van der Waals surface area contributed by atoms with E-state index in [0.29, 0.717) is 28.7 Å². The lowest BCUT2D eigenvalue weighted by Crippen LogP contribution is -2.46. The van der Waals surface area contributed by atoms with E-state index in [4.69, 9.17) is 20.6 Å². The van der Waals surface area contributed by atoms with Crippen LogP contribution in [0.5, 0.6) is 0 Å². The molecule has 1 aliphatic carbocycles. The zero-order valence-electron chi connectivity index (χ0n) is 17.3. The minimum Gasteiger partial charge on any atom is -0.391 e. The van der Waals surface area contributed by atoms with E-state index in [0.717, 1.165) is 5.57 Å². The second-order valence-corrected chi connectivity index (χ2v) is 8.08. The molecule has 1 aliphatic heterocycles. The first-order valence-electron chi connectivity index (χ1n) is 10.1. The number of nitrogens with one attached hydrogen (secondary N) is 1. The summed E-state index contributed by atoms with van der Waals surface area (Å²) in [5.74, 6) is 0.320. The Morgan fingerprint density at radius 1 is 1.31 bits per heavy atom. The van der Waals surface area contributed by atoms with E-state index >= 15 is 0 Å². The molecule has 3 heterocycles. The summed E-state index contributed by atoms with van der Waals surface area (Å²) in [5, 5.41) is 21.1. The van der Waals surface area contributed by atoms with Crippen molar-refractivity contribution >= 4 is 29.0 Å². The Bertz CT molecular complexity index is 1100. The second kappa shape index (κ2) is 9.49. The number of allylic oxidation sites excluding steroid dienone is 6. The SMILES string of the molecule is Cc1cc(CC(=O)N2C[C@H](O)C[C@H]2C(=O)NCc2nc(C3=CC=C(Cl)C=CC3)no2)on1. The first-order valence-corrected chi connectivity index (χ1v) is 10.5. The molecule has 168 valence electrons. The van der Waals surface area contributed by atoms with E-state index in [2.05, 4.69) is 20.6 Å². The topological polar surface area (TPSA) is 135 Å². The molecule has 0 aromatic carbocycles. The molecule has 1 saturated heterocycles. The van der Waals surface area contributed by atoms with Gasteiger partial charge in [-0.1, -0.05) is 34.1 Å². The van der Waals surface area contributed by atoms with E-state index in [1.54, 1.807) is 25.1 Å². The van der Waals surface area contributed by atoms with Gasteiger partial charge in [0.2, 0.25) is 17.7 Å². The van der Waals surface area contributed by atoms with Crippen LogP contribution in [0, 0.1) is 6.92 Å². The first kappa shape index (κ1) is 22.0. The zero-order valence-corrected chi connectivity index (χ0v) is 18.1. The van der Waals surface area contributed by atoms with Gasteiger partial charge >= 0.3 is 0 Å². The molecule has 0 radical (unpaired) electrons. The Balaban J connectivity index is 1.36. The van der Waals surface area contributed by atoms with Gasteiger partial charge < -0.3 is 24.4 Å². The van der Waals surface area contributed by atoms with Gasteiger partial charge in [-0.05, 0) is 25.5 Å². The molecule has 0 bridgehead atoms. The lowest BCUT2D eigenvalue weighted by atomic mass is 10.1. The van der Waals surface area contributed by atoms with Crippen LogP contribution in [0.1, 0.15) is 36.0 Å². The van der Waals surface area contributed by atoms with E-state index in [9.17, 15) is 14.7 Å². The fourth-order valence-corrected chi connectivity index (χ4v) is 3.75. The number of amides is 2. The van der Waals surface area contributed by atoms with Crippen molar-refractivity contribution in [1.82, 2.24) is 25.5 Å². The van der Waals surface area contributed by atoms with Gasteiger partial charge in [0.1, 0.15) is 11.8 Å². The minimum absolute atomic E-state index is 0.00146. The third-order valence-electron chi connectivity index (χ3n) is 5.13. The minimum atomic E-state index is -0.800. The van der Waals surface area contributed by atoms with Crippen molar-refractivity contribution in [3.63, 3.8) is 0 Å². The van der Waals surface area contributed by atoms with Gasteiger partial charge in [0.05, 0.1) is 24.8 Å². The van der Waals surface area contributed by atoms with Crippen molar-refractivity contribution in [1.29, 1.82) is 0 Å². The third-order valence-corrected chi connectivity index (χ3v) is 5.38. The van der Waals surface area contributed by atoms with Gasteiger partial charge in [0.15, 0.2) is 5.82 Å². The molecule has 32 heavy (non-hydrogen) atoms. The number of rotatable bonds is 6. The predicted molar refractivity (Wildman–Crippen MR) is 113 cm³/mol. The van der Waals surface area contributed by atoms with Gasteiger partial charge in [-0.25, -0.2) is 0 Å². The lowest BCUT2D eigenvalue weighted by molar-refractivity contribution is -0.138. The summed E-state index contributed by atoms with van der Waals surface area (Å²) < 4.78 is 10.3. The van der Waals surface area contributed by atoms with Crippen LogP contribution >= 0.6 is 11.6 Å². The lowest BCUT2D eigenvalue weighted by Gasteiger charge is -2.23. The van der Waals surface area contributed by atoms with Crippen LogP contribution in [-0.4, -0.2) is 55.8 Å². The molecule has 2 N–H and O–H groups in total. The number of likely N-dealkylation sites (tertiary alicyclic amines) is 1. The van der Waals surface area contributed by atoms with Crippen molar-refractivity contribution in [2.45, 2.75) is 44.9 Å². The number of β-amino-alcohol motifs (C(OH)–C–C–N with tert-alkyl or cyclic N) is 1. The van der Waals surface area contributed by atoms with Gasteiger partial charge in [-0.2, -0.15) is 4.98 Å². The van der Waals surface area contributed by atoms with E-state index in [1.807, 2.05) is 12.2 Å². The summed E-state index contributed by atoms with van der Waals surface area (Å²) in [6.45, 7) is 1.83. The highest BCUT2D eigenvalue weighted by molar-refractivity contribution is 6.31. The van der Waals surface area contributed by atoms with Gasteiger partial charge in [-0.15, -0.1) is 0 Å². The third kappa shape index (κ3) is 5.14. The van der Waals surface area contributed by atoms with Crippen LogP contribution < -0.4 is 5.32 Å². The van der Waals surface area contributed by atoms with E-state index in [-0.39, 0.29) is 37.7 Å². The van der Waals surface area contributed by atoms with Crippen LogP contribution in [0.4, 0.5) is 0 Å². The number of hydrogen-bond donors (Lipinski definition) is 2. The molecule has 0 spiro atoms. The molecule has 2 atom stereocenters. The number of carbonyl (C=O) groups excluding carboxylic acids is 2. The van der Waals surface area contributed by atoms with E-state index < -0.39 is 18.1 Å². The van der Waals surface area contributed by atoms with Gasteiger partial charge in [0.25, 0.3) is 0 Å². The number of aromatic nitrogens is 3. The Kier molecular flexibility index (Phi) is 6.52. The van der Waals surface area contributed by atoms with Crippen LogP contribution in [0.25, 0.3) is 5.57 Å². The molecule has 2 aliphatic rings. The number of hydrogen-bond acceptors (Lipinski definition) is 8.